The van der Waals surface area contributed by atoms with E-state index in [1.54, 1.807) is 0 Å². The average Bonchev–Trinajstić information content (AvgIpc) is 2.87. The molecule has 0 saturated heterocycles. The summed E-state index contributed by atoms with van der Waals surface area (Å²) in [6.07, 6.45) is 24.6. The Morgan fingerprint density at radius 1 is 0.600 bits per heavy atom. The minimum absolute atomic E-state index is 0.169. The topological polar surface area (TPSA) is 52.6 Å². The number of hydrogen-bond donors (Lipinski definition) is 0. The Hall–Kier alpha value is -1.06. The molecule has 0 amide bonds. The van der Waals surface area contributed by atoms with Crippen molar-refractivity contribution < 1.29 is 19.1 Å². The van der Waals surface area contributed by atoms with E-state index in [9.17, 15) is 9.59 Å². The molecule has 0 aromatic rings. The fraction of sp³-hybridized carbons (Fsp3) is 0.935. The Morgan fingerprint density at radius 3 is 1.63 bits per heavy atom. The number of carbonyl (C=O) groups excluding carboxylic acids is 2. The molecule has 0 bridgehead atoms. The van der Waals surface area contributed by atoms with Crippen LogP contribution in [0.2, 0.25) is 0 Å². The molecule has 0 aliphatic heterocycles. The largest absolute Gasteiger partial charge is 0.465 e. The first-order chi connectivity index (χ1) is 17.1. The van der Waals surface area contributed by atoms with Crippen molar-refractivity contribution in [2.75, 3.05) is 13.2 Å². The van der Waals surface area contributed by atoms with Crippen molar-refractivity contribution in [1.82, 2.24) is 0 Å². The molecule has 0 N–H and O–H groups in total. The van der Waals surface area contributed by atoms with Gasteiger partial charge in [0.2, 0.25) is 0 Å². The van der Waals surface area contributed by atoms with E-state index in [0.29, 0.717) is 19.1 Å². The van der Waals surface area contributed by atoms with Crippen molar-refractivity contribution in [1.29, 1.82) is 0 Å². The molecule has 0 heterocycles. The summed E-state index contributed by atoms with van der Waals surface area (Å²) in [6.45, 7) is 7.67. The molecule has 3 atom stereocenters. The van der Waals surface area contributed by atoms with Gasteiger partial charge in [0.15, 0.2) is 0 Å². The van der Waals surface area contributed by atoms with Gasteiger partial charge in [0.25, 0.3) is 0 Å². The van der Waals surface area contributed by atoms with Crippen LogP contribution in [0.5, 0.6) is 0 Å². The molecule has 1 rings (SSSR count). The normalized spacial score (nSPS) is 18.8. The highest BCUT2D eigenvalue weighted by molar-refractivity contribution is 5.82. The zero-order valence-corrected chi connectivity index (χ0v) is 23.6. The second kappa shape index (κ2) is 22.2. The minimum atomic E-state index is -0.313. The first kappa shape index (κ1) is 32.0. The molecule has 0 radical (unpaired) electrons. The predicted octanol–water partition coefficient (Wildman–Crippen LogP) is 9.19. The smallest absolute Gasteiger partial charge is 0.309 e. The van der Waals surface area contributed by atoms with Crippen LogP contribution < -0.4 is 0 Å². The van der Waals surface area contributed by atoms with E-state index in [2.05, 4.69) is 20.8 Å². The van der Waals surface area contributed by atoms with E-state index in [-0.39, 0.29) is 23.8 Å². The lowest BCUT2D eigenvalue weighted by Gasteiger charge is -2.29. The van der Waals surface area contributed by atoms with Crippen molar-refractivity contribution in [2.45, 2.75) is 156 Å². The lowest BCUT2D eigenvalue weighted by molar-refractivity contribution is -0.163. The Kier molecular flexibility index (Phi) is 20.2. The number of unbranched alkanes of at least 4 members (excludes halogenated alkanes) is 12. The first-order valence-electron chi connectivity index (χ1n) is 15.5. The quantitative estimate of drug-likeness (QED) is 0.111. The number of ether oxygens (including phenoxy) is 2. The second-order valence-electron chi connectivity index (χ2n) is 11.0. The lowest BCUT2D eigenvalue weighted by Crippen LogP contribution is -2.35. The number of carbonyl (C=O) groups is 2. The van der Waals surface area contributed by atoms with Gasteiger partial charge in [0, 0.05) is 0 Å². The summed E-state index contributed by atoms with van der Waals surface area (Å²) in [7, 11) is 0. The zero-order valence-electron chi connectivity index (χ0n) is 23.6. The molecule has 3 unspecified atom stereocenters. The third-order valence-electron chi connectivity index (χ3n) is 7.74. The van der Waals surface area contributed by atoms with Gasteiger partial charge in [-0.1, -0.05) is 124 Å². The zero-order chi connectivity index (χ0) is 25.6. The molecule has 1 aliphatic carbocycles. The predicted molar refractivity (Wildman–Crippen MR) is 146 cm³/mol. The minimum Gasteiger partial charge on any atom is -0.465 e. The van der Waals surface area contributed by atoms with E-state index in [0.717, 1.165) is 57.8 Å². The highest BCUT2D eigenvalue weighted by Crippen LogP contribution is 2.32. The molecule has 0 spiro atoms. The Labute approximate surface area is 217 Å². The monoisotopic (exact) mass is 494 g/mol. The summed E-state index contributed by atoms with van der Waals surface area (Å²) in [5.74, 6) is -0.518. The van der Waals surface area contributed by atoms with Gasteiger partial charge >= 0.3 is 11.9 Å². The van der Waals surface area contributed by atoms with Crippen LogP contribution in [-0.2, 0) is 19.1 Å². The van der Waals surface area contributed by atoms with Gasteiger partial charge in [0.1, 0.15) is 0 Å². The van der Waals surface area contributed by atoms with Crippen LogP contribution in [0.4, 0.5) is 0 Å². The van der Waals surface area contributed by atoms with Crippen molar-refractivity contribution in [3.8, 4) is 0 Å². The van der Waals surface area contributed by atoms with Crippen LogP contribution in [-0.4, -0.2) is 25.2 Å². The fourth-order valence-electron chi connectivity index (χ4n) is 5.45. The van der Waals surface area contributed by atoms with E-state index >= 15 is 0 Å². The maximum atomic E-state index is 12.9. The molecule has 206 valence electrons. The van der Waals surface area contributed by atoms with Gasteiger partial charge in [0.05, 0.1) is 25.0 Å². The summed E-state index contributed by atoms with van der Waals surface area (Å²) < 4.78 is 11.4. The van der Waals surface area contributed by atoms with Gasteiger partial charge in [-0.3, -0.25) is 9.59 Å². The van der Waals surface area contributed by atoms with Gasteiger partial charge < -0.3 is 9.47 Å². The van der Waals surface area contributed by atoms with Gasteiger partial charge in [-0.25, -0.2) is 0 Å². The third kappa shape index (κ3) is 15.6. The summed E-state index contributed by atoms with van der Waals surface area (Å²) >= 11 is 0. The molecule has 0 aromatic carbocycles. The van der Waals surface area contributed by atoms with Crippen LogP contribution in [0, 0.1) is 17.8 Å². The van der Waals surface area contributed by atoms with Crippen LogP contribution in [0.3, 0.4) is 0 Å². The van der Waals surface area contributed by atoms with Crippen LogP contribution >= 0.6 is 0 Å². The number of hydrogen-bond acceptors (Lipinski definition) is 4. The van der Waals surface area contributed by atoms with Crippen molar-refractivity contribution in [3.05, 3.63) is 0 Å². The highest BCUT2D eigenvalue weighted by Gasteiger charge is 2.38. The van der Waals surface area contributed by atoms with Gasteiger partial charge in [-0.05, 0) is 38.0 Å². The van der Waals surface area contributed by atoms with Crippen LogP contribution in [0.25, 0.3) is 0 Å². The molecular formula is C31H58O4. The molecule has 4 nitrogen and oxygen atoms in total. The van der Waals surface area contributed by atoms with Crippen molar-refractivity contribution in [2.24, 2.45) is 17.8 Å². The van der Waals surface area contributed by atoms with E-state index in [4.69, 9.17) is 9.47 Å². The number of rotatable bonds is 22. The van der Waals surface area contributed by atoms with E-state index in [1.807, 2.05) is 0 Å². The molecule has 35 heavy (non-hydrogen) atoms. The summed E-state index contributed by atoms with van der Waals surface area (Å²) in [5.41, 5.74) is 0. The maximum absolute atomic E-state index is 12.9. The Balaban J connectivity index is 2.24. The fourth-order valence-corrected chi connectivity index (χ4v) is 5.45. The van der Waals surface area contributed by atoms with Crippen molar-refractivity contribution >= 4 is 11.9 Å². The van der Waals surface area contributed by atoms with E-state index in [1.165, 1.54) is 77.0 Å². The number of esters is 2. The Morgan fingerprint density at radius 2 is 1.09 bits per heavy atom. The van der Waals surface area contributed by atoms with Gasteiger partial charge in [-0.2, -0.15) is 0 Å². The van der Waals surface area contributed by atoms with Crippen LogP contribution in [0.15, 0.2) is 0 Å². The van der Waals surface area contributed by atoms with Crippen molar-refractivity contribution in [3.63, 3.8) is 0 Å². The molecule has 1 fully saturated rings. The van der Waals surface area contributed by atoms with Crippen LogP contribution in [0.1, 0.15) is 156 Å². The second-order valence-corrected chi connectivity index (χ2v) is 11.0. The van der Waals surface area contributed by atoms with E-state index < -0.39 is 0 Å². The molecule has 1 saturated carbocycles. The molecule has 4 heteroatoms. The summed E-state index contributed by atoms with van der Waals surface area (Å²) in [4.78, 5) is 25.7. The first-order valence-corrected chi connectivity index (χ1v) is 15.5. The summed E-state index contributed by atoms with van der Waals surface area (Å²) in [6, 6.07) is 0. The highest BCUT2D eigenvalue weighted by atomic mass is 16.5. The molecule has 1 aliphatic rings. The lowest BCUT2D eigenvalue weighted by atomic mass is 9.79. The average molecular weight is 495 g/mol. The maximum Gasteiger partial charge on any atom is 0.309 e. The molecular weight excluding hydrogens is 436 g/mol. The third-order valence-corrected chi connectivity index (χ3v) is 7.74. The SMILES string of the molecule is CCCCCCCCCCCCCOC(=O)C1CCCCC1C(=O)OCC(CCC)CCCCC. The summed E-state index contributed by atoms with van der Waals surface area (Å²) in [5, 5.41) is 0. The standard InChI is InChI=1S/C31H58O4/c1-4-7-9-10-11-12-13-14-15-16-20-25-34-30(32)28-23-18-19-24-29(28)31(33)35-26-27(21-6-3)22-17-8-5-2/h27-29H,4-26H2,1-3H3. The van der Waals surface area contributed by atoms with Gasteiger partial charge in [-0.15, -0.1) is 0 Å². The Bertz CT molecular complexity index is 518. The molecule has 0 aromatic heterocycles.